The molecular weight excluding hydrogens is 242 g/mol. The van der Waals surface area contributed by atoms with Crippen molar-refractivity contribution in [2.45, 2.75) is 12.8 Å². The predicted molar refractivity (Wildman–Crippen MR) is 46.3 cm³/mol. The molecular formula is C6H5Cl4N2-. The maximum absolute atomic E-state index is 5.71. The van der Waals surface area contributed by atoms with E-state index in [2.05, 4.69) is 9.97 Å². The van der Waals surface area contributed by atoms with Crippen molar-refractivity contribution in [1.29, 1.82) is 0 Å². The Morgan fingerprint density at radius 2 is 1.83 bits per heavy atom. The van der Waals surface area contributed by atoms with Crippen LogP contribution in [0.3, 0.4) is 0 Å². The van der Waals surface area contributed by atoms with E-state index in [1.807, 2.05) is 0 Å². The molecule has 6 heteroatoms. The molecule has 0 fully saturated rings. The van der Waals surface area contributed by atoms with Gasteiger partial charge < -0.3 is 12.4 Å². The molecule has 0 aliphatic rings. The topological polar surface area (TPSA) is 25.8 Å². The molecule has 0 bridgehead atoms. The first kappa shape index (κ1) is 12.2. The summed E-state index contributed by atoms with van der Waals surface area (Å²) in [5.74, 6) is 0.307. The van der Waals surface area contributed by atoms with Crippen LogP contribution in [0.25, 0.3) is 0 Å². The maximum atomic E-state index is 5.71. The van der Waals surface area contributed by atoms with Gasteiger partial charge >= 0.3 is 0 Å². The zero-order valence-electron chi connectivity index (χ0n) is 6.11. The summed E-state index contributed by atoms with van der Waals surface area (Å²) in [5.41, 5.74) is 1.46. The van der Waals surface area contributed by atoms with Crippen molar-refractivity contribution in [3.63, 3.8) is 0 Å². The Bertz CT molecular complexity index is 253. The molecule has 0 atom stereocenters. The van der Waals surface area contributed by atoms with E-state index < -0.39 is 0 Å². The van der Waals surface area contributed by atoms with Gasteiger partial charge in [-0.05, 0) is 18.5 Å². The highest BCUT2D eigenvalue weighted by atomic mass is 35.5. The number of hydrogen-bond acceptors (Lipinski definition) is 2. The molecule has 0 unspecified atom stereocenters. The second-order valence-corrected chi connectivity index (χ2v) is 2.94. The van der Waals surface area contributed by atoms with Crippen LogP contribution >= 0.6 is 34.8 Å². The molecule has 0 saturated carbocycles. The number of aryl methyl sites for hydroxylation is 1. The minimum absolute atomic E-state index is 0. The van der Waals surface area contributed by atoms with Crippen molar-refractivity contribution < 1.29 is 12.4 Å². The summed E-state index contributed by atoms with van der Waals surface area (Å²) in [6.45, 7) is 1.79. The average Bonchev–Trinajstić information content (AvgIpc) is 1.85. The van der Waals surface area contributed by atoms with Gasteiger partial charge in [0.25, 0.3) is 0 Å². The molecule has 0 saturated heterocycles. The zero-order valence-corrected chi connectivity index (χ0v) is 9.14. The van der Waals surface area contributed by atoms with Crippen LogP contribution in [0.1, 0.15) is 11.3 Å². The number of nitrogens with zero attached hydrogens (tertiary/aromatic N) is 2. The van der Waals surface area contributed by atoms with E-state index in [1.165, 1.54) is 0 Å². The second kappa shape index (κ2) is 5.07. The minimum atomic E-state index is 0. The highest BCUT2D eigenvalue weighted by Crippen LogP contribution is 2.19. The van der Waals surface area contributed by atoms with Crippen molar-refractivity contribution in [2.24, 2.45) is 0 Å². The van der Waals surface area contributed by atoms with Crippen molar-refractivity contribution in [3.8, 4) is 0 Å². The van der Waals surface area contributed by atoms with Crippen LogP contribution in [-0.2, 0) is 5.88 Å². The first-order valence-electron chi connectivity index (χ1n) is 2.89. The third-order valence-electron chi connectivity index (χ3n) is 1.27. The number of rotatable bonds is 1. The zero-order chi connectivity index (χ0) is 8.43. The third-order valence-corrected chi connectivity index (χ3v) is 2.02. The molecule has 0 spiro atoms. The number of aromatic nitrogens is 2. The van der Waals surface area contributed by atoms with E-state index in [4.69, 9.17) is 34.8 Å². The lowest BCUT2D eigenvalue weighted by Crippen LogP contribution is -3.00. The van der Waals surface area contributed by atoms with E-state index in [9.17, 15) is 0 Å². The van der Waals surface area contributed by atoms with E-state index in [0.29, 0.717) is 11.0 Å². The molecule has 0 amide bonds. The van der Waals surface area contributed by atoms with Gasteiger partial charge in [0.05, 0.1) is 5.88 Å². The van der Waals surface area contributed by atoms with Crippen LogP contribution < -0.4 is 12.4 Å². The normalized spacial score (nSPS) is 9.33. The first-order valence-corrected chi connectivity index (χ1v) is 4.18. The molecule has 0 aliphatic heterocycles. The van der Waals surface area contributed by atoms with Gasteiger partial charge in [-0.1, -0.05) is 11.6 Å². The van der Waals surface area contributed by atoms with Gasteiger partial charge in [-0.25, -0.2) is 9.97 Å². The van der Waals surface area contributed by atoms with E-state index in [1.54, 1.807) is 6.92 Å². The van der Waals surface area contributed by atoms with Crippen LogP contribution in [0.4, 0.5) is 0 Å². The largest absolute Gasteiger partial charge is 1.00 e. The van der Waals surface area contributed by atoms with Gasteiger partial charge in [0.1, 0.15) is 5.15 Å². The monoisotopic (exact) mass is 245 g/mol. The molecule has 0 aliphatic carbocycles. The highest BCUT2D eigenvalue weighted by molar-refractivity contribution is 6.33. The molecule has 1 rings (SSSR count). The lowest BCUT2D eigenvalue weighted by molar-refractivity contribution is -0.00000229. The molecule has 0 aromatic carbocycles. The van der Waals surface area contributed by atoms with Crippen molar-refractivity contribution >= 4 is 34.8 Å². The SMILES string of the molecule is Cc1nc(Cl)nc(Cl)c1CCl.[Cl-]. The van der Waals surface area contributed by atoms with Crippen molar-refractivity contribution in [3.05, 3.63) is 21.7 Å². The Morgan fingerprint density at radius 3 is 2.25 bits per heavy atom. The summed E-state index contributed by atoms with van der Waals surface area (Å²) >= 11 is 16.8. The summed E-state index contributed by atoms with van der Waals surface area (Å²) in [6.07, 6.45) is 0. The van der Waals surface area contributed by atoms with Crippen LogP contribution in [0.15, 0.2) is 0 Å². The maximum Gasteiger partial charge on any atom is 0.224 e. The third kappa shape index (κ3) is 2.63. The summed E-state index contributed by atoms with van der Waals surface area (Å²) in [5, 5.41) is 0.485. The van der Waals surface area contributed by atoms with Gasteiger partial charge in [-0.2, -0.15) is 0 Å². The second-order valence-electron chi connectivity index (χ2n) is 1.98. The van der Waals surface area contributed by atoms with Crippen LogP contribution in [0.2, 0.25) is 10.4 Å². The Morgan fingerprint density at radius 1 is 1.25 bits per heavy atom. The molecule has 12 heavy (non-hydrogen) atoms. The van der Waals surface area contributed by atoms with Crippen molar-refractivity contribution in [1.82, 2.24) is 9.97 Å². The van der Waals surface area contributed by atoms with E-state index in [0.717, 1.165) is 11.3 Å². The lowest BCUT2D eigenvalue weighted by atomic mass is 10.3. The van der Waals surface area contributed by atoms with Gasteiger partial charge in [-0.3, -0.25) is 0 Å². The molecule has 1 aromatic rings. The lowest BCUT2D eigenvalue weighted by Gasteiger charge is -2.02. The smallest absolute Gasteiger partial charge is 0.224 e. The van der Waals surface area contributed by atoms with Gasteiger partial charge in [0, 0.05) is 11.3 Å². The van der Waals surface area contributed by atoms with E-state index in [-0.39, 0.29) is 17.7 Å². The van der Waals surface area contributed by atoms with Crippen molar-refractivity contribution in [2.75, 3.05) is 0 Å². The molecule has 0 N–H and O–H groups in total. The Balaban J connectivity index is 0.00000121. The van der Waals surface area contributed by atoms with Crippen LogP contribution in [0, 0.1) is 6.92 Å². The average molecular weight is 247 g/mol. The van der Waals surface area contributed by atoms with Crippen LogP contribution in [0.5, 0.6) is 0 Å². The number of hydrogen-bond donors (Lipinski definition) is 0. The first-order chi connectivity index (χ1) is 5.15. The highest BCUT2D eigenvalue weighted by Gasteiger charge is 2.06. The summed E-state index contributed by atoms with van der Waals surface area (Å²) in [6, 6.07) is 0. The fraction of sp³-hybridized carbons (Fsp3) is 0.333. The molecule has 2 nitrogen and oxygen atoms in total. The number of halogens is 4. The fourth-order valence-electron chi connectivity index (χ4n) is 0.680. The summed E-state index contributed by atoms with van der Waals surface area (Å²) < 4.78 is 0. The quantitative estimate of drug-likeness (QED) is 0.391. The molecule has 1 aromatic heterocycles. The fourth-order valence-corrected chi connectivity index (χ4v) is 1.61. The van der Waals surface area contributed by atoms with Crippen LogP contribution in [-0.4, -0.2) is 9.97 Å². The standard InChI is InChI=1S/C6H5Cl3N2.ClH/c1-3-4(2-7)5(8)11-6(9)10-3;/h2H2,1H3;1H/p-1. The summed E-state index contributed by atoms with van der Waals surface area (Å²) in [7, 11) is 0. The number of alkyl halides is 1. The Labute approximate surface area is 91.7 Å². The Hall–Kier alpha value is 0.240. The van der Waals surface area contributed by atoms with Gasteiger partial charge in [0.2, 0.25) is 5.28 Å². The summed E-state index contributed by atoms with van der Waals surface area (Å²) in [4.78, 5) is 7.63. The molecule has 68 valence electrons. The predicted octanol–water partition coefficient (Wildman–Crippen LogP) is -0.165. The molecule has 1 heterocycles. The molecule has 0 radical (unpaired) electrons. The van der Waals surface area contributed by atoms with Gasteiger partial charge in [-0.15, -0.1) is 11.6 Å². The Kier molecular flexibility index (Phi) is 5.18. The minimum Gasteiger partial charge on any atom is -1.00 e. The van der Waals surface area contributed by atoms with E-state index >= 15 is 0 Å². The van der Waals surface area contributed by atoms with Gasteiger partial charge in [0.15, 0.2) is 0 Å².